The van der Waals surface area contributed by atoms with E-state index in [9.17, 15) is 29.4 Å². The van der Waals surface area contributed by atoms with Crippen molar-refractivity contribution in [2.75, 3.05) is 6.61 Å². The highest BCUT2D eigenvalue weighted by atomic mass is 16.7. The van der Waals surface area contributed by atoms with E-state index in [2.05, 4.69) is 0 Å². The number of hydroxylamine groups is 2. The van der Waals surface area contributed by atoms with Crippen molar-refractivity contribution in [1.29, 1.82) is 0 Å². The third kappa shape index (κ3) is 4.45. The number of rotatable bonds is 7. The first-order valence-corrected chi connectivity index (χ1v) is 10.4. The number of benzene rings is 2. The number of phenols is 2. The summed E-state index contributed by atoms with van der Waals surface area (Å²) in [6.45, 7) is 1.95. The van der Waals surface area contributed by atoms with Gasteiger partial charge in [0.05, 0.1) is 6.61 Å². The second-order valence-electron chi connectivity index (χ2n) is 7.74. The van der Waals surface area contributed by atoms with Gasteiger partial charge in [-0.1, -0.05) is 0 Å². The van der Waals surface area contributed by atoms with E-state index >= 15 is 0 Å². The average molecular weight is 455 g/mol. The highest BCUT2D eigenvalue weighted by Gasteiger charge is 2.32. The van der Waals surface area contributed by atoms with Crippen LogP contribution in [-0.4, -0.2) is 39.7 Å². The second kappa shape index (κ2) is 8.81. The lowest BCUT2D eigenvalue weighted by molar-refractivity contribution is -0.197. The summed E-state index contributed by atoms with van der Waals surface area (Å²) >= 11 is 0. The molecule has 10 nitrogen and oxygen atoms in total. The first-order chi connectivity index (χ1) is 15.7. The number of carbonyl (C=O) groups excluding carboxylic acids is 3. The number of nitrogens with zero attached hydrogens (tertiary/aromatic N) is 1. The normalized spacial score (nSPS) is 13.8. The summed E-state index contributed by atoms with van der Waals surface area (Å²) in [6, 6.07) is 5.77. The molecule has 1 saturated heterocycles. The molecule has 1 aliphatic heterocycles. The van der Waals surface area contributed by atoms with Crippen LogP contribution in [0, 0.1) is 6.92 Å². The topological polar surface area (TPSA) is 144 Å². The molecule has 2 aromatic carbocycles. The monoisotopic (exact) mass is 455 g/mol. The van der Waals surface area contributed by atoms with Gasteiger partial charge in [0.1, 0.15) is 28.2 Å². The number of phenolic OH excluding ortho intramolecular Hbond substituents is 2. The van der Waals surface area contributed by atoms with Gasteiger partial charge < -0.3 is 24.2 Å². The van der Waals surface area contributed by atoms with E-state index < -0.39 is 23.4 Å². The Balaban J connectivity index is 1.41. The standard InChI is InChI=1S/C23H21NO9/c1-12-8-13(25)9-17-21(12)15-10-14(11-16(26)22(15)23(30)32-17)31-7-3-2-4-20(29)33-24-18(27)5-6-19(24)28/h8-11,25-26H,2-7H2,1H3. The van der Waals surface area contributed by atoms with E-state index in [0.717, 1.165) is 0 Å². The van der Waals surface area contributed by atoms with Crippen LogP contribution in [0.4, 0.5) is 0 Å². The lowest BCUT2D eigenvalue weighted by Crippen LogP contribution is -2.31. The number of aromatic hydroxyl groups is 2. The second-order valence-corrected chi connectivity index (χ2v) is 7.74. The van der Waals surface area contributed by atoms with E-state index in [4.69, 9.17) is 14.0 Å². The molecule has 0 saturated carbocycles. The Hall–Kier alpha value is -4.08. The van der Waals surface area contributed by atoms with Gasteiger partial charge in [-0.3, -0.25) is 9.59 Å². The summed E-state index contributed by atoms with van der Waals surface area (Å²) in [7, 11) is 0. The molecule has 3 aromatic rings. The lowest BCUT2D eigenvalue weighted by Gasteiger charge is -2.13. The van der Waals surface area contributed by atoms with Crippen LogP contribution in [0.5, 0.6) is 17.2 Å². The molecule has 1 fully saturated rings. The zero-order chi connectivity index (χ0) is 23.7. The zero-order valence-electron chi connectivity index (χ0n) is 17.8. The first kappa shape index (κ1) is 22.1. The summed E-state index contributed by atoms with van der Waals surface area (Å²) < 4.78 is 10.9. The predicted molar refractivity (Wildman–Crippen MR) is 115 cm³/mol. The van der Waals surface area contributed by atoms with Crippen molar-refractivity contribution >= 4 is 39.5 Å². The van der Waals surface area contributed by atoms with Crippen molar-refractivity contribution in [1.82, 2.24) is 5.06 Å². The van der Waals surface area contributed by atoms with Crippen LogP contribution in [0.25, 0.3) is 21.7 Å². The average Bonchev–Trinajstić information content (AvgIpc) is 3.04. The quantitative estimate of drug-likeness (QED) is 0.238. The third-order valence-electron chi connectivity index (χ3n) is 5.29. The molecule has 0 atom stereocenters. The Morgan fingerprint density at radius 3 is 2.48 bits per heavy atom. The van der Waals surface area contributed by atoms with Gasteiger partial charge in [-0.2, -0.15) is 0 Å². The van der Waals surface area contributed by atoms with Crippen LogP contribution >= 0.6 is 0 Å². The maximum absolute atomic E-state index is 12.3. The van der Waals surface area contributed by atoms with Crippen LogP contribution < -0.4 is 10.4 Å². The van der Waals surface area contributed by atoms with Crippen molar-refractivity contribution < 1.29 is 38.6 Å². The minimum Gasteiger partial charge on any atom is -0.508 e. The van der Waals surface area contributed by atoms with Crippen LogP contribution in [-0.2, 0) is 19.2 Å². The molecular weight excluding hydrogens is 434 g/mol. The summed E-state index contributed by atoms with van der Waals surface area (Å²) in [5, 5.41) is 21.7. The van der Waals surface area contributed by atoms with Crippen molar-refractivity contribution in [3.05, 3.63) is 40.2 Å². The number of hydrogen-bond donors (Lipinski definition) is 2. The molecule has 172 valence electrons. The van der Waals surface area contributed by atoms with Gasteiger partial charge in [0.15, 0.2) is 0 Å². The Kier molecular flexibility index (Phi) is 5.91. The smallest absolute Gasteiger partial charge is 0.347 e. The van der Waals surface area contributed by atoms with E-state index in [0.29, 0.717) is 40.0 Å². The molecule has 0 bridgehead atoms. The molecule has 0 aliphatic carbocycles. The van der Waals surface area contributed by atoms with Crippen LogP contribution in [0.15, 0.2) is 33.5 Å². The number of unbranched alkanes of at least 4 members (excludes halogenated alkanes) is 1. The molecule has 4 rings (SSSR count). The van der Waals surface area contributed by atoms with Gasteiger partial charge >= 0.3 is 11.6 Å². The molecule has 1 aromatic heterocycles. The summed E-state index contributed by atoms with van der Waals surface area (Å²) in [4.78, 5) is 51.9. The molecule has 33 heavy (non-hydrogen) atoms. The molecule has 1 aliphatic rings. The van der Waals surface area contributed by atoms with E-state index in [1.807, 2.05) is 0 Å². The predicted octanol–water partition coefficient (Wildman–Crippen LogP) is 2.82. The number of hydrogen-bond acceptors (Lipinski definition) is 9. The molecule has 10 heteroatoms. The third-order valence-corrected chi connectivity index (χ3v) is 5.29. The lowest BCUT2D eigenvalue weighted by atomic mass is 10.0. The number of amides is 2. The molecule has 0 spiro atoms. The number of carbonyl (C=O) groups is 3. The van der Waals surface area contributed by atoms with Crippen LogP contribution in [0.2, 0.25) is 0 Å². The fourth-order valence-corrected chi connectivity index (χ4v) is 3.78. The summed E-state index contributed by atoms with van der Waals surface area (Å²) in [6.07, 6.45) is 0.921. The SMILES string of the molecule is Cc1cc(O)cc2oc(=O)c3c(O)cc(OCCCCC(=O)ON4C(=O)CCC4=O)cc3c12. The minimum absolute atomic E-state index is 0.00222. The molecule has 0 radical (unpaired) electrons. The maximum atomic E-state index is 12.3. The Labute approximate surface area is 186 Å². The molecule has 2 N–H and O–H groups in total. The van der Waals surface area contributed by atoms with Gasteiger partial charge in [0.25, 0.3) is 11.8 Å². The zero-order valence-corrected chi connectivity index (χ0v) is 17.8. The number of ether oxygens (including phenoxy) is 1. The minimum atomic E-state index is -0.736. The Bertz CT molecular complexity index is 1330. The number of fused-ring (bicyclic) bond motifs is 3. The highest BCUT2D eigenvalue weighted by Crippen LogP contribution is 2.35. The number of imide groups is 1. The largest absolute Gasteiger partial charge is 0.508 e. The van der Waals surface area contributed by atoms with Gasteiger partial charge in [-0.15, -0.1) is 5.06 Å². The summed E-state index contributed by atoms with van der Waals surface area (Å²) in [5.41, 5.74) is 0.110. The van der Waals surface area contributed by atoms with Crippen molar-refractivity contribution in [2.45, 2.75) is 39.0 Å². The van der Waals surface area contributed by atoms with Gasteiger partial charge in [-0.25, -0.2) is 9.59 Å². The van der Waals surface area contributed by atoms with E-state index in [1.165, 1.54) is 18.2 Å². The summed E-state index contributed by atoms with van der Waals surface area (Å²) in [5.74, 6) is -1.76. The Morgan fingerprint density at radius 2 is 1.76 bits per heavy atom. The molecule has 0 unspecified atom stereocenters. The van der Waals surface area contributed by atoms with Crippen LogP contribution in [0.1, 0.15) is 37.7 Å². The van der Waals surface area contributed by atoms with E-state index in [-0.39, 0.29) is 48.3 Å². The first-order valence-electron chi connectivity index (χ1n) is 10.4. The van der Waals surface area contributed by atoms with Gasteiger partial charge in [-0.05, 0) is 37.5 Å². The number of aryl methyl sites for hydroxylation is 1. The molecule has 2 amide bonds. The highest BCUT2D eigenvalue weighted by molar-refractivity contribution is 6.08. The maximum Gasteiger partial charge on any atom is 0.347 e. The van der Waals surface area contributed by atoms with Crippen molar-refractivity contribution in [3.8, 4) is 17.2 Å². The van der Waals surface area contributed by atoms with Crippen molar-refractivity contribution in [2.24, 2.45) is 0 Å². The van der Waals surface area contributed by atoms with E-state index in [1.54, 1.807) is 13.0 Å². The van der Waals surface area contributed by atoms with Gasteiger partial charge in [0, 0.05) is 42.2 Å². The van der Waals surface area contributed by atoms with Crippen LogP contribution in [0.3, 0.4) is 0 Å². The molecular formula is C23H21NO9. The fourth-order valence-electron chi connectivity index (χ4n) is 3.78. The van der Waals surface area contributed by atoms with Gasteiger partial charge in [0.2, 0.25) is 0 Å². The Morgan fingerprint density at radius 1 is 1.03 bits per heavy atom. The molecule has 2 heterocycles. The van der Waals surface area contributed by atoms with Crippen molar-refractivity contribution in [3.63, 3.8) is 0 Å². The fraction of sp³-hybridized carbons (Fsp3) is 0.304.